The van der Waals surface area contributed by atoms with E-state index in [4.69, 9.17) is 0 Å². The Kier molecular flexibility index (Phi) is 7.45. The van der Waals surface area contributed by atoms with E-state index in [1.165, 1.54) is 0 Å². The van der Waals surface area contributed by atoms with Crippen LogP contribution in [0, 0.1) is 12.8 Å². The van der Waals surface area contributed by atoms with Gasteiger partial charge in [-0.3, -0.25) is 14.4 Å². The zero-order chi connectivity index (χ0) is 22.4. The largest absolute Gasteiger partial charge is 0.354 e. The van der Waals surface area contributed by atoms with Gasteiger partial charge in [0, 0.05) is 29.9 Å². The molecule has 3 amide bonds. The van der Waals surface area contributed by atoms with Crippen molar-refractivity contribution in [2.75, 3.05) is 18.4 Å². The van der Waals surface area contributed by atoms with Gasteiger partial charge in [-0.05, 0) is 68.0 Å². The number of hydrogen-bond acceptors (Lipinski definition) is 3. The van der Waals surface area contributed by atoms with Gasteiger partial charge in [0.15, 0.2) is 0 Å². The van der Waals surface area contributed by atoms with Crippen molar-refractivity contribution in [2.24, 2.45) is 5.92 Å². The van der Waals surface area contributed by atoms with Crippen LogP contribution in [0.3, 0.4) is 0 Å². The Morgan fingerprint density at radius 2 is 1.77 bits per heavy atom. The number of carbonyl (C=O) groups excluding carboxylic acids is 3. The number of likely N-dealkylation sites (tertiary alicyclic amines) is 1. The summed E-state index contributed by atoms with van der Waals surface area (Å²) in [4.78, 5) is 39.7. The minimum absolute atomic E-state index is 0.0754. The lowest BCUT2D eigenvalue weighted by Gasteiger charge is -2.24. The highest BCUT2D eigenvalue weighted by Gasteiger charge is 2.34. The quantitative estimate of drug-likeness (QED) is 0.709. The van der Waals surface area contributed by atoms with Gasteiger partial charge in [0.05, 0.1) is 0 Å². The summed E-state index contributed by atoms with van der Waals surface area (Å²) >= 11 is 0. The first kappa shape index (κ1) is 22.5. The van der Waals surface area contributed by atoms with Crippen LogP contribution in [0.2, 0.25) is 0 Å². The van der Waals surface area contributed by atoms with Crippen molar-refractivity contribution in [2.45, 2.75) is 46.1 Å². The highest BCUT2D eigenvalue weighted by atomic mass is 16.2. The molecule has 0 radical (unpaired) electrons. The van der Waals surface area contributed by atoms with Gasteiger partial charge >= 0.3 is 0 Å². The molecule has 1 heterocycles. The zero-order valence-electron chi connectivity index (χ0n) is 18.5. The van der Waals surface area contributed by atoms with E-state index in [1.54, 1.807) is 35.2 Å². The molecule has 6 nitrogen and oxygen atoms in total. The number of anilines is 1. The number of rotatable bonds is 7. The first-order chi connectivity index (χ1) is 14.9. The number of aryl methyl sites for hydroxylation is 1. The summed E-state index contributed by atoms with van der Waals surface area (Å²) < 4.78 is 0. The fourth-order valence-electron chi connectivity index (χ4n) is 3.77. The second-order valence-corrected chi connectivity index (χ2v) is 8.48. The van der Waals surface area contributed by atoms with Crippen LogP contribution in [0.1, 0.15) is 59.4 Å². The van der Waals surface area contributed by atoms with E-state index in [1.807, 2.05) is 25.1 Å². The fourth-order valence-corrected chi connectivity index (χ4v) is 3.77. The Bertz CT molecular complexity index is 937. The molecule has 0 bridgehead atoms. The summed E-state index contributed by atoms with van der Waals surface area (Å²) in [6.45, 7) is 7.33. The molecule has 1 fully saturated rings. The molecular weight excluding hydrogens is 390 g/mol. The van der Waals surface area contributed by atoms with Crippen molar-refractivity contribution in [1.82, 2.24) is 10.2 Å². The van der Waals surface area contributed by atoms with Gasteiger partial charge < -0.3 is 15.5 Å². The summed E-state index contributed by atoms with van der Waals surface area (Å²) in [6.07, 6.45) is 2.42. The van der Waals surface area contributed by atoms with Gasteiger partial charge in [-0.15, -0.1) is 0 Å². The van der Waals surface area contributed by atoms with Crippen LogP contribution in [-0.2, 0) is 4.79 Å². The standard InChI is InChI=1S/C25H31N3O3/c1-17(2)14-15-26-24(30)22-9-6-16-28(22)25(31)19-10-12-20(13-11-19)27-23(29)21-8-5-4-7-18(21)3/h4-5,7-8,10-13,17,22H,6,9,14-16H2,1-3H3,(H,26,30)(H,27,29)/t22-/m0/s1. The molecule has 1 aliphatic heterocycles. The maximum Gasteiger partial charge on any atom is 0.255 e. The average molecular weight is 422 g/mol. The lowest BCUT2D eigenvalue weighted by molar-refractivity contribution is -0.124. The van der Waals surface area contributed by atoms with E-state index in [0.29, 0.717) is 42.2 Å². The molecule has 2 aromatic rings. The van der Waals surface area contributed by atoms with Gasteiger partial charge in [-0.25, -0.2) is 0 Å². The lowest BCUT2D eigenvalue weighted by atomic mass is 10.1. The van der Waals surface area contributed by atoms with Crippen molar-refractivity contribution >= 4 is 23.4 Å². The Labute approximate surface area is 184 Å². The first-order valence-corrected chi connectivity index (χ1v) is 10.9. The van der Waals surface area contributed by atoms with E-state index in [0.717, 1.165) is 18.4 Å². The molecule has 2 N–H and O–H groups in total. The molecule has 0 aromatic heterocycles. The lowest BCUT2D eigenvalue weighted by Crippen LogP contribution is -2.46. The molecule has 1 atom stereocenters. The Morgan fingerprint density at radius 3 is 2.45 bits per heavy atom. The molecular formula is C25H31N3O3. The third kappa shape index (κ3) is 5.72. The van der Waals surface area contributed by atoms with Gasteiger partial charge in [0.1, 0.15) is 6.04 Å². The van der Waals surface area contributed by atoms with Gasteiger partial charge in [-0.2, -0.15) is 0 Å². The van der Waals surface area contributed by atoms with E-state index in [9.17, 15) is 14.4 Å². The van der Waals surface area contributed by atoms with Crippen molar-refractivity contribution in [1.29, 1.82) is 0 Å². The molecule has 1 saturated heterocycles. The predicted octanol–water partition coefficient (Wildman–Crippen LogP) is 4.01. The Morgan fingerprint density at radius 1 is 1.06 bits per heavy atom. The molecule has 3 rings (SSSR count). The van der Waals surface area contributed by atoms with E-state index < -0.39 is 6.04 Å². The summed E-state index contributed by atoms with van der Waals surface area (Å²) in [5, 5.41) is 5.83. The molecule has 0 spiro atoms. The number of carbonyl (C=O) groups is 3. The third-order valence-electron chi connectivity index (χ3n) is 5.62. The maximum atomic E-state index is 13.0. The molecule has 0 aliphatic carbocycles. The van der Waals surface area contributed by atoms with Gasteiger partial charge in [0.2, 0.25) is 5.91 Å². The smallest absolute Gasteiger partial charge is 0.255 e. The third-order valence-corrected chi connectivity index (χ3v) is 5.62. The highest BCUT2D eigenvalue weighted by Crippen LogP contribution is 2.22. The van der Waals surface area contributed by atoms with Gasteiger partial charge in [-0.1, -0.05) is 32.0 Å². The Balaban J connectivity index is 1.62. The number of nitrogens with one attached hydrogen (secondary N) is 2. The number of amides is 3. The second-order valence-electron chi connectivity index (χ2n) is 8.48. The predicted molar refractivity (Wildman–Crippen MR) is 122 cm³/mol. The topological polar surface area (TPSA) is 78.5 Å². The number of nitrogens with zero attached hydrogens (tertiary/aromatic N) is 1. The van der Waals surface area contributed by atoms with E-state index in [-0.39, 0.29) is 17.7 Å². The Hall–Kier alpha value is -3.15. The van der Waals surface area contributed by atoms with Crippen LogP contribution in [0.25, 0.3) is 0 Å². The van der Waals surface area contributed by atoms with Crippen LogP contribution in [0.5, 0.6) is 0 Å². The number of benzene rings is 2. The van der Waals surface area contributed by atoms with Gasteiger partial charge in [0.25, 0.3) is 11.8 Å². The molecule has 0 unspecified atom stereocenters. The van der Waals surface area contributed by atoms with E-state index in [2.05, 4.69) is 24.5 Å². The second kappa shape index (κ2) is 10.2. The van der Waals surface area contributed by atoms with Crippen LogP contribution < -0.4 is 10.6 Å². The molecule has 2 aromatic carbocycles. The average Bonchev–Trinajstić information content (AvgIpc) is 3.24. The summed E-state index contributed by atoms with van der Waals surface area (Å²) in [7, 11) is 0. The van der Waals surface area contributed by atoms with Crippen molar-refractivity contribution in [3.63, 3.8) is 0 Å². The minimum Gasteiger partial charge on any atom is -0.354 e. The highest BCUT2D eigenvalue weighted by molar-refractivity contribution is 6.05. The normalized spacial score (nSPS) is 15.7. The molecule has 6 heteroatoms. The first-order valence-electron chi connectivity index (χ1n) is 10.9. The SMILES string of the molecule is Cc1ccccc1C(=O)Nc1ccc(C(=O)N2CCC[C@H]2C(=O)NCCC(C)C)cc1. The van der Waals surface area contributed by atoms with Crippen LogP contribution in [0.4, 0.5) is 5.69 Å². The van der Waals surface area contributed by atoms with Crippen molar-refractivity contribution in [3.8, 4) is 0 Å². The minimum atomic E-state index is -0.417. The molecule has 31 heavy (non-hydrogen) atoms. The van der Waals surface area contributed by atoms with Crippen LogP contribution in [0.15, 0.2) is 48.5 Å². The maximum absolute atomic E-state index is 13.0. The summed E-state index contributed by atoms with van der Waals surface area (Å²) in [5.41, 5.74) is 2.65. The molecule has 164 valence electrons. The van der Waals surface area contributed by atoms with Crippen LogP contribution in [-0.4, -0.2) is 41.8 Å². The molecule has 0 saturated carbocycles. The summed E-state index contributed by atoms with van der Waals surface area (Å²) in [5.74, 6) is 0.105. The fraction of sp³-hybridized carbons (Fsp3) is 0.400. The van der Waals surface area contributed by atoms with Crippen LogP contribution >= 0.6 is 0 Å². The summed E-state index contributed by atoms with van der Waals surface area (Å²) in [6, 6.07) is 13.8. The number of hydrogen-bond donors (Lipinski definition) is 2. The monoisotopic (exact) mass is 421 g/mol. The molecule has 1 aliphatic rings. The van der Waals surface area contributed by atoms with Crippen molar-refractivity contribution in [3.05, 3.63) is 65.2 Å². The van der Waals surface area contributed by atoms with Crippen molar-refractivity contribution < 1.29 is 14.4 Å². The zero-order valence-corrected chi connectivity index (χ0v) is 18.5. The van der Waals surface area contributed by atoms with E-state index >= 15 is 0 Å².